The molecule has 0 aromatic rings. The number of carboxylic acid groups (broad SMARTS) is 1. The van der Waals surface area contributed by atoms with Gasteiger partial charge in [0.1, 0.15) is 0 Å². The summed E-state index contributed by atoms with van der Waals surface area (Å²) in [5, 5.41) is 8.72. The molecule has 6 nitrogen and oxygen atoms in total. The van der Waals surface area contributed by atoms with E-state index in [0.29, 0.717) is 6.61 Å². The lowest BCUT2D eigenvalue weighted by Crippen LogP contribution is -2.52. The number of esters is 1. The zero-order valence-electron chi connectivity index (χ0n) is 7.23. The van der Waals surface area contributed by atoms with Gasteiger partial charge in [-0.3, -0.25) is 4.90 Å². The lowest BCUT2D eigenvalue weighted by molar-refractivity contribution is -0.151. The molecule has 13 heavy (non-hydrogen) atoms. The second kappa shape index (κ2) is 4.08. The highest BCUT2D eigenvalue weighted by Gasteiger charge is 2.33. The molecular weight excluding hydrogens is 178 g/mol. The third kappa shape index (κ3) is 2.09. The number of carbonyl (C=O) groups excluding carboxylic acids is 1. The summed E-state index contributed by atoms with van der Waals surface area (Å²) in [5.74, 6) is -0.581. The van der Waals surface area contributed by atoms with Crippen molar-refractivity contribution >= 4 is 12.1 Å². The van der Waals surface area contributed by atoms with Crippen LogP contribution in [0.5, 0.6) is 0 Å². The molecule has 1 unspecified atom stereocenters. The van der Waals surface area contributed by atoms with Gasteiger partial charge in [0.05, 0.1) is 20.3 Å². The molecule has 0 aromatic heterocycles. The van der Waals surface area contributed by atoms with Gasteiger partial charge in [0.15, 0.2) is 6.04 Å². The first-order valence-corrected chi connectivity index (χ1v) is 3.82. The molecule has 0 bridgehead atoms. The molecule has 6 heteroatoms. The fraction of sp³-hybridized carbons (Fsp3) is 0.714. The topological polar surface area (TPSA) is 76.1 Å². The number of hydrogen-bond acceptors (Lipinski definition) is 4. The summed E-state index contributed by atoms with van der Waals surface area (Å²) in [6, 6.07) is -0.823. The van der Waals surface area contributed by atoms with Crippen molar-refractivity contribution in [3.63, 3.8) is 0 Å². The molecule has 1 saturated heterocycles. The highest BCUT2D eigenvalue weighted by atomic mass is 16.5. The quantitative estimate of drug-likeness (QED) is 0.565. The van der Waals surface area contributed by atoms with Gasteiger partial charge >= 0.3 is 12.1 Å². The van der Waals surface area contributed by atoms with E-state index in [1.165, 1.54) is 7.11 Å². The molecule has 0 radical (unpaired) electrons. The number of carbonyl (C=O) groups is 2. The van der Waals surface area contributed by atoms with Crippen molar-refractivity contribution in [1.29, 1.82) is 0 Å². The van der Waals surface area contributed by atoms with Gasteiger partial charge in [0, 0.05) is 6.54 Å². The normalized spacial score (nSPS) is 22.5. The Morgan fingerprint density at radius 2 is 2.31 bits per heavy atom. The molecule has 0 aromatic carbocycles. The molecule has 1 atom stereocenters. The van der Waals surface area contributed by atoms with Gasteiger partial charge in [-0.2, -0.15) is 0 Å². The van der Waals surface area contributed by atoms with Crippen molar-refractivity contribution in [2.45, 2.75) is 6.04 Å². The van der Waals surface area contributed by atoms with E-state index in [2.05, 4.69) is 4.74 Å². The van der Waals surface area contributed by atoms with Crippen LogP contribution in [0.25, 0.3) is 0 Å². The van der Waals surface area contributed by atoms with Crippen LogP contribution in [0, 0.1) is 0 Å². The van der Waals surface area contributed by atoms with E-state index in [9.17, 15) is 9.59 Å². The Morgan fingerprint density at radius 3 is 2.85 bits per heavy atom. The van der Waals surface area contributed by atoms with E-state index in [1.807, 2.05) is 0 Å². The molecule has 1 heterocycles. The van der Waals surface area contributed by atoms with Gasteiger partial charge in [-0.15, -0.1) is 0 Å². The van der Waals surface area contributed by atoms with Crippen molar-refractivity contribution in [3.05, 3.63) is 0 Å². The van der Waals surface area contributed by atoms with Crippen LogP contribution >= 0.6 is 0 Å². The van der Waals surface area contributed by atoms with Crippen LogP contribution in [0.1, 0.15) is 0 Å². The van der Waals surface area contributed by atoms with Crippen LogP contribution in [0.2, 0.25) is 0 Å². The minimum absolute atomic E-state index is 0.0684. The number of rotatable bonds is 1. The number of morpholine rings is 1. The van der Waals surface area contributed by atoms with Crippen LogP contribution in [0.15, 0.2) is 0 Å². The lowest BCUT2D eigenvalue weighted by Gasteiger charge is -2.31. The molecule has 0 saturated carbocycles. The minimum atomic E-state index is -1.13. The molecule has 1 amide bonds. The molecule has 1 rings (SSSR count). The summed E-state index contributed by atoms with van der Waals surface area (Å²) in [6.45, 7) is 0.591. The average molecular weight is 189 g/mol. The van der Waals surface area contributed by atoms with E-state index in [1.54, 1.807) is 0 Å². The van der Waals surface area contributed by atoms with Crippen molar-refractivity contribution in [1.82, 2.24) is 4.90 Å². The molecular formula is C7H11NO5. The van der Waals surface area contributed by atoms with Crippen molar-refractivity contribution in [2.75, 3.05) is 26.9 Å². The average Bonchev–Trinajstić information content (AvgIpc) is 2.16. The number of hydrogen-bond donors (Lipinski definition) is 1. The first-order chi connectivity index (χ1) is 6.16. The van der Waals surface area contributed by atoms with E-state index in [-0.39, 0.29) is 13.2 Å². The molecule has 1 N–H and O–H groups in total. The van der Waals surface area contributed by atoms with E-state index >= 15 is 0 Å². The summed E-state index contributed by atoms with van der Waals surface area (Å²) in [6.07, 6.45) is -1.13. The fourth-order valence-electron chi connectivity index (χ4n) is 1.16. The van der Waals surface area contributed by atoms with Gasteiger partial charge in [-0.25, -0.2) is 9.59 Å². The zero-order valence-corrected chi connectivity index (χ0v) is 7.23. The van der Waals surface area contributed by atoms with Crippen molar-refractivity contribution in [2.24, 2.45) is 0 Å². The highest BCUT2D eigenvalue weighted by Crippen LogP contribution is 2.08. The Hall–Kier alpha value is -1.30. The first-order valence-electron chi connectivity index (χ1n) is 3.82. The van der Waals surface area contributed by atoms with Crippen LogP contribution in [0.4, 0.5) is 4.79 Å². The summed E-state index contributed by atoms with van der Waals surface area (Å²) < 4.78 is 9.43. The summed E-state index contributed by atoms with van der Waals surface area (Å²) >= 11 is 0. The third-order valence-electron chi connectivity index (χ3n) is 1.85. The Morgan fingerprint density at radius 1 is 1.62 bits per heavy atom. The fourth-order valence-corrected chi connectivity index (χ4v) is 1.16. The van der Waals surface area contributed by atoms with Crippen LogP contribution in [0.3, 0.4) is 0 Å². The first kappa shape index (κ1) is 9.79. The number of methoxy groups -OCH3 is 1. The lowest BCUT2D eigenvalue weighted by atomic mass is 10.2. The predicted octanol–water partition coefficient (Wildman–Crippen LogP) is -0.462. The molecule has 0 aliphatic carbocycles. The van der Waals surface area contributed by atoms with Gasteiger partial charge < -0.3 is 14.6 Å². The predicted molar refractivity (Wildman–Crippen MR) is 41.4 cm³/mol. The highest BCUT2D eigenvalue weighted by molar-refractivity contribution is 5.81. The maximum absolute atomic E-state index is 11.1. The molecule has 74 valence electrons. The maximum Gasteiger partial charge on any atom is 0.408 e. The van der Waals surface area contributed by atoms with Gasteiger partial charge in [0.2, 0.25) is 0 Å². The van der Waals surface area contributed by atoms with Crippen LogP contribution < -0.4 is 0 Å². The largest absolute Gasteiger partial charge is 0.467 e. The Kier molecular flexibility index (Phi) is 3.07. The Bertz CT molecular complexity index is 217. The van der Waals surface area contributed by atoms with Crippen molar-refractivity contribution < 1.29 is 24.2 Å². The summed E-state index contributed by atoms with van der Waals surface area (Å²) in [5.41, 5.74) is 0. The smallest absolute Gasteiger partial charge is 0.408 e. The van der Waals surface area contributed by atoms with E-state index in [4.69, 9.17) is 9.84 Å². The molecule has 1 fully saturated rings. The summed E-state index contributed by atoms with van der Waals surface area (Å²) in [4.78, 5) is 22.7. The monoisotopic (exact) mass is 189 g/mol. The third-order valence-corrected chi connectivity index (χ3v) is 1.85. The molecule has 1 aliphatic heterocycles. The zero-order chi connectivity index (χ0) is 9.84. The number of amides is 1. The summed E-state index contributed by atoms with van der Waals surface area (Å²) in [7, 11) is 1.22. The van der Waals surface area contributed by atoms with Crippen LogP contribution in [-0.2, 0) is 14.3 Å². The van der Waals surface area contributed by atoms with E-state index in [0.717, 1.165) is 4.90 Å². The number of nitrogens with zero attached hydrogens (tertiary/aromatic N) is 1. The van der Waals surface area contributed by atoms with Crippen molar-refractivity contribution in [3.8, 4) is 0 Å². The maximum atomic E-state index is 11.1. The number of ether oxygens (including phenoxy) is 2. The van der Waals surface area contributed by atoms with Gasteiger partial charge in [0.25, 0.3) is 0 Å². The minimum Gasteiger partial charge on any atom is -0.467 e. The van der Waals surface area contributed by atoms with Gasteiger partial charge in [-0.05, 0) is 0 Å². The SMILES string of the molecule is COC(=O)C1COCCN1C(=O)O. The van der Waals surface area contributed by atoms with E-state index < -0.39 is 18.1 Å². The Balaban J connectivity index is 2.67. The standard InChI is InChI=1S/C7H11NO5/c1-12-6(9)5-4-13-3-2-8(5)7(10)11/h5H,2-4H2,1H3,(H,10,11). The van der Waals surface area contributed by atoms with Gasteiger partial charge in [-0.1, -0.05) is 0 Å². The second-order valence-electron chi connectivity index (χ2n) is 2.59. The Labute approximate surface area is 75.0 Å². The molecule has 1 aliphatic rings. The second-order valence-corrected chi connectivity index (χ2v) is 2.59. The van der Waals surface area contributed by atoms with Crippen LogP contribution in [-0.4, -0.2) is 55.0 Å². The molecule has 0 spiro atoms.